The zero-order valence-electron chi connectivity index (χ0n) is 11.3. The molecule has 2 aromatic rings. The SMILES string of the molecule is Cc1cccc(C)c1NC(=O)C(=O)Nc1cccnc1. The van der Waals surface area contributed by atoms with Crippen molar-refractivity contribution in [3.05, 3.63) is 53.9 Å². The highest BCUT2D eigenvalue weighted by Crippen LogP contribution is 2.19. The van der Waals surface area contributed by atoms with Crippen LogP contribution in [0.4, 0.5) is 11.4 Å². The fourth-order valence-corrected chi connectivity index (χ4v) is 1.81. The quantitative estimate of drug-likeness (QED) is 0.822. The van der Waals surface area contributed by atoms with Crippen LogP contribution in [-0.2, 0) is 9.59 Å². The number of aromatic nitrogens is 1. The number of amides is 2. The Hall–Kier alpha value is -2.69. The minimum Gasteiger partial charge on any atom is -0.317 e. The van der Waals surface area contributed by atoms with Crippen LogP contribution in [0.2, 0.25) is 0 Å². The maximum absolute atomic E-state index is 11.9. The van der Waals surface area contributed by atoms with Crippen LogP contribution in [0.3, 0.4) is 0 Å². The lowest BCUT2D eigenvalue weighted by Crippen LogP contribution is -2.29. The Morgan fingerprint density at radius 1 is 0.950 bits per heavy atom. The van der Waals surface area contributed by atoms with E-state index >= 15 is 0 Å². The van der Waals surface area contributed by atoms with Crippen molar-refractivity contribution >= 4 is 23.2 Å². The van der Waals surface area contributed by atoms with E-state index in [1.807, 2.05) is 32.0 Å². The van der Waals surface area contributed by atoms with Gasteiger partial charge in [0.25, 0.3) is 0 Å². The van der Waals surface area contributed by atoms with E-state index in [9.17, 15) is 9.59 Å². The highest BCUT2D eigenvalue weighted by Gasteiger charge is 2.15. The third-order valence-corrected chi connectivity index (χ3v) is 2.85. The second kappa shape index (κ2) is 5.97. The fourth-order valence-electron chi connectivity index (χ4n) is 1.81. The van der Waals surface area contributed by atoms with Crippen LogP contribution >= 0.6 is 0 Å². The molecule has 0 radical (unpaired) electrons. The standard InChI is InChI=1S/C15H15N3O2/c1-10-5-3-6-11(2)13(10)18-15(20)14(19)17-12-7-4-8-16-9-12/h3-9H,1-2H3,(H,17,19)(H,18,20). The van der Waals surface area contributed by atoms with E-state index in [0.717, 1.165) is 11.1 Å². The van der Waals surface area contributed by atoms with Gasteiger partial charge < -0.3 is 10.6 Å². The Morgan fingerprint density at radius 2 is 1.60 bits per heavy atom. The molecule has 0 saturated heterocycles. The Bertz CT molecular complexity index is 619. The first-order valence-electron chi connectivity index (χ1n) is 6.16. The van der Waals surface area contributed by atoms with Crippen LogP contribution in [0.25, 0.3) is 0 Å². The summed E-state index contributed by atoms with van der Waals surface area (Å²) in [7, 11) is 0. The Labute approximate surface area is 117 Å². The molecule has 0 spiro atoms. The topological polar surface area (TPSA) is 71.1 Å². The van der Waals surface area contributed by atoms with Gasteiger partial charge in [0.1, 0.15) is 0 Å². The summed E-state index contributed by atoms with van der Waals surface area (Å²) in [5.74, 6) is -1.42. The number of anilines is 2. The molecule has 0 saturated carbocycles. The molecule has 5 nitrogen and oxygen atoms in total. The lowest BCUT2D eigenvalue weighted by Gasteiger charge is -2.11. The lowest BCUT2D eigenvalue weighted by molar-refractivity contribution is -0.133. The summed E-state index contributed by atoms with van der Waals surface area (Å²) in [5.41, 5.74) is 2.97. The number of hydrogen-bond donors (Lipinski definition) is 2. The van der Waals surface area contributed by atoms with Crippen LogP contribution < -0.4 is 10.6 Å². The molecule has 0 bridgehead atoms. The molecule has 1 heterocycles. The average molecular weight is 269 g/mol. The number of pyridine rings is 1. The minimum absolute atomic E-state index is 0.481. The Balaban J connectivity index is 2.07. The van der Waals surface area contributed by atoms with E-state index in [2.05, 4.69) is 15.6 Å². The van der Waals surface area contributed by atoms with E-state index in [-0.39, 0.29) is 0 Å². The average Bonchev–Trinajstić information content (AvgIpc) is 2.44. The van der Waals surface area contributed by atoms with Gasteiger partial charge in [-0.1, -0.05) is 18.2 Å². The van der Waals surface area contributed by atoms with Gasteiger partial charge in [0.05, 0.1) is 11.9 Å². The summed E-state index contributed by atoms with van der Waals surface area (Å²) in [6, 6.07) is 9.00. The molecule has 0 aliphatic carbocycles. The molecule has 2 amide bonds. The molecule has 102 valence electrons. The number of nitrogens with one attached hydrogen (secondary N) is 2. The molecule has 0 unspecified atom stereocenters. The maximum Gasteiger partial charge on any atom is 0.314 e. The van der Waals surface area contributed by atoms with Crippen LogP contribution in [0, 0.1) is 13.8 Å². The van der Waals surface area contributed by atoms with Crippen molar-refractivity contribution < 1.29 is 9.59 Å². The molecule has 1 aromatic carbocycles. The Kier molecular flexibility index (Phi) is 4.10. The number of rotatable bonds is 2. The zero-order chi connectivity index (χ0) is 14.5. The zero-order valence-corrected chi connectivity index (χ0v) is 11.3. The molecule has 0 aliphatic rings. The predicted molar refractivity (Wildman–Crippen MR) is 77.4 cm³/mol. The first-order valence-corrected chi connectivity index (χ1v) is 6.16. The third-order valence-electron chi connectivity index (χ3n) is 2.85. The summed E-state index contributed by atoms with van der Waals surface area (Å²) in [6.45, 7) is 3.75. The lowest BCUT2D eigenvalue weighted by atomic mass is 10.1. The van der Waals surface area contributed by atoms with Crippen molar-refractivity contribution in [1.82, 2.24) is 4.98 Å². The van der Waals surface area contributed by atoms with Crippen molar-refractivity contribution in [2.75, 3.05) is 10.6 Å². The number of benzene rings is 1. The second-order valence-corrected chi connectivity index (χ2v) is 4.42. The number of nitrogens with zero attached hydrogens (tertiary/aromatic N) is 1. The number of hydrogen-bond acceptors (Lipinski definition) is 3. The van der Waals surface area contributed by atoms with Crippen molar-refractivity contribution in [1.29, 1.82) is 0 Å². The first-order chi connectivity index (χ1) is 9.58. The number of carbonyl (C=O) groups is 2. The highest BCUT2D eigenvalue weighted by atomic mass is 16.2. The molecule has 0 atom stereocenters. The van der Waals surface area contributed by atoms with E-state index in [1.165, 1.54) is 6.20 Å². The molecular weight excluding hydrogens is 254 g/mol. The van der Waals surface area contributed by atoms with Crippen molar-refractivity contribution in [2.45, 2.75) is 13.8 Å². The van der Waals surface area contributed by atoms with Gasteiger partial charge >= 0.3 is 11.8 Å². The molecule has 5 heteroatoms. The molecule has 0 aliphatic heterocycles. The van der Waals surface area contributed by atoms with Crippen LogP contribution in [-0.4, -0.2) is 16.8 Å². The van der Waals surface area contributed by atoms with Gasteiger partial charge in [0, 0.05) is 11.9 Å². The van der Waals surface area contributed by atoms with Gasteiger partial charge in [-0.25, -0.2) is 0 Å². The molecule has 20 heavy (non-hydrogen) atoms. The van der Waals surface area contributed by atoms with E-state index in [1.54, 1.807) is 18.3 Å². The van der Waals surface area contributed by atoms with Gasteiger partial charge in [-0.2, -0.15) is 0 Å². The van der Waals surface area contributed by atoms with Gasteiger partial charge in [-0.05, 0) is 37.1 Å². The largest absolute Gasteiger partial charge is 0.317 e. The van der Waals surface area contributed by atoms with Crippen LogP contribution in [0.5, 0.6) is 0 Å². The van der Waals surface area contributed by atoms with Crippen molar-refractivity contribution in [2.24, 2.45) is 0 Å². The van der Waals surface area contributed by atoms with Crippen molar-refractivity contribution in [3.8, 4) is 0 Å². The van der Waals surface area contributed by atoms with Gasteiger partial charge in [0.15, 0.2) is 0 Å². The Morgan fingerprint density at radius 3 is 2.20 bits per heavy atom. The normalized spacial score (nSPS) is 9.90. The minimum atomic E-state index is -0.722. The number of para-hydroxylation sites is 1. The predicted octanol–water partition coefficient (Wildman–Crippen LogP) is 2.28. The molecule has 2 rings (SSSR count). The summed E-state index contributed by atoms with van der Waals surface area (Å²) < 4.78 is 0. The van der Waals surface area contributed by atoms with Gasteiger partial charge in [-0.15, -0.1) is 0 Å². The maximum atomic E-state index is 11.9. The number of carbonyl (C=O) groups excluding carboxylic acids is 2. The first kappa shape index (κ1) is 13.7. The monoisotopic (exact) mass is 269 g/mol. The highest BCUT2D eigenvalue weighted by molar-refractivity contribution is 6.43. The smallest absolute Gasteiger partial charge is 0.314 e. The number of aryl methyl sites for hydroxylation is 2. The van der Waals surface area contributed by atoms with Crippen LogP contribution in [0.1, 0.15) is 11.1 Å². The van der Waals surface area contributed by atoms with E-state index < -0.39 is 11.8 Å². The molecule has 0 fully saturated rings. The summed E-state index contributed by atoms with van der Waals surface area (Å²) in [5, 5.41) is 5.11. The summed E-state index contributed by atoms with van der Waals surface area (Å²) in [6.07, 6.45) is 3.07. The van der Waals surface area contributed by atoms with Gasteiger partial charge in [-0.3, -0.25) is 14.6 Å². The molecule has 2 N–H and O–H groups in total. The van der Waals surface area contributed by atoms with Gasteiger partial charge in [0.2, 0.25) is 0 Å². The third kappa shape index (κ3) is 3.20. The van der Waals surface area contributed by atoms with Crippen molar-refractivity contribution in [3.63, 3.8) is 0 Å². The van der Waals surface area contributed by atoms with Crippen LogP contribution in [0.15, 0.2) is 42.7 Å². The summed E-state index contributed by atoms with van der Waals surface area (Å²) >= 11 is 0. The second-order valence-electron chi connectivity index (χ2n) is 4.42. The fraction of sp³-hybridized carbons (Fsp3) is 0.133. The molecule has 1 aromatic heterocycles. The summed E-state index contributed by atoms with van der Waals surface area (Å²) in [4.78, 5) is 27.5. The molecular formula is C15H15N3O2. The van der Waals surface area contributed by atoms with E-state index in [4.69, 9.17) is 0 Å². The van der Waals surface area contributed by atoms with E-state index in [0.29, 0.717) is 11.4 Å².